The lowest BCUT2D eigenvalue weighted by Gasteiger charge is -2.31. The van der Waals surface area contributed by atoms with Crippen molar-refractivity contribution in [2.75, 3.05) is 31.5 Å². The summed E-state index contributed by atoms with van der Waals surface area (Å²) >= 11 is 0. The van der Waals surface area contributed by atoms with E-state index in [1.807, 2.05) is 6.92 Å². The molecule has 7 nitrogen and oxygen atoms in total. The highest BCUT2D eigenvalue weighted by molar-refractivity contribution is 5.93. The Morgan fingerprint density at radius 1 is 1.53 bits per heavy atom. The lowest BCUT2D eigenvalue weighted by molar-refractivity contribution is -0.121. The van der Waals surface area contributed by atoms with Gasteiger partial charge in [0.15, 0.2) is 0 Å². The Morgan fingerprint density at radius 3 is 2.82 bits per heavy atom. The van der Waals surface area contributed by atoms with Gasteiger partial charge in [-0.05, 0) is 6.92 Å². The number of nitrogens with zero attached hydrogens (tertiary/aromatic N) is 4. The van der Waals surface area contributed by atoms with Crippen LogP contribution in [0.5, 0.6) is 0 Å². The first-order valence-electron chi connectivity index (χ1n) is 5.78. The molecule has 7 heteroatoms. The maximum Gasteiger partial charge on any atom is 0.243 e. The fraction of sp³-hybridized carbons (Fsp3) is 0.700. The molecule has 1 aliphatic rings. The monoisotopic (exact) mass is 238 g/mol. The largest absolute Gasteiger partial charge is 0.314 e. The zero-order chi connectivity index (χ0) is 12.3. The molecule has 2 rings (SSSR count). The minimum absolute atomic E-state index is 0.0389. The van der Waals surface area contributed by atoms with Gasteiger partial charge in [-0.3, -0.25) is 15.0 Å². The Labute approximate surface area is 100 Å². The van der Waals surface area contributed by atoms with E-state index in [0.29, 0.717) is 5.95 Å². The fourth-order valence-electron chi connectivity index (χ4n) is 1.86. The average molecular weight is 238 g/mol. The highest BCUT2D eigenvalue weighted by Crippen LogP contribution is 2.05. The van der Waals surface area contributed by atoms with Crippen molar-refractivity contribution in [1.82, 2.24) is 25.0 Å². The lowest BCUT2D eigenvalue weighted by atomic mass is 10.2. The quantitative estimate of drug-likeness (QED) is 0.710. The van der Waals surface area contributed by atoms with Crippen LogP contribution in [0.3, 0.4) is 0 Å². The van der Waals surface area contributed by atoms with Crippen molar-refractivity contribution in [3.05, 3.63) is 6.33 Å². The van der Waals surface area contributed by atoms with Crippen molar-refractivity contribution in [3.8, 4) is 0 Å². The van der Waals surface area contributed by atoms with E-state index in [4.69, 9.17) is 0 Å². The zero-order valence-corrected chi connectivity index (χ0v) is 10.2. The van der Waals surface area contributed by atoms with Gasteiger partial charge in [-0.25, -0.2) is 4.68 Å². The minimum Gasteiger partial charge on any atom is -0.314 e. The van der Waals surface area contributed by atoms with Gasteiger partial charge in [0.25, 0.3) is 0 Å². The number of hydrogen-bond acceptors (Lipinski definition) is 5. The molecule has 2 N–H and O–H groups in total. The van der Waals surface area contributed by atoms with Crippen molar-refractivity contribution < 1.29 is 4.79 Å². The van der Waals surface area contributed by atoms with E-state index in [-0.39, 0.29) is 11.9 Å². The van der Waals surface area contributed by atoms with Gasteiger partial charge in [0.2, 0.25) is 11.9 Å². The maximum absolute atomic E-state index is 12.0. The van der Waals surface area contributed by atoms with Gasteiger partial charge in [-0.1, -0.05) is 0 Å². The second-order valence-electron chi connectivity index (χ2n) is 4.16. The third kappa shape index (κ3) is 2.80. The molecule has 0 aromatic carbocycles. The molecule has 0 radical (unpaired) electrons. The van der Waals surface area contributed by atoms with Crippen LogP contribution in [0.2, 0.25) is 0 Å². The molecule has 0 saturated carbocycles. The predicted molar refractivity (Wildman–Crippen MR) is 63.5 cm³/mol. The predicted octanol–water partition coefficient (Wildman–Crippen LogP) is -0.953. The summed E-state index contributed by atoms with van der Waals surface area (Å²) in [5.74, 6) is 0.444. The second-order valence-corrected chi connectivity index (χ2v) is 4.16. The molecule has 17 heavy (non-hydrogen) atoms. The van der Waals surface area contributed by atoms with E-state index < -0.39 is 0 Å². The van der Waals surface area contributed by atoms with E-state index in [1.165, 1.54) is 6.33 Å². The summed E-state index contributed by atoms with van der Waals surface area (Å²) in [6.45, 7) is 5.57. The molecule has 0 bridgehead atoms. The number of carbonyl (C=O) groups is 1. The summed E-state index contributed by atoms with van der Waals surface area (Å²) in [7, 11) is 1.75. The molecule has 1 fully saturated rings. The average Bonchev–Trinajstić information content (AvgIpc) is 2.75. The number of rotatable bonds is 3. The van der Waals surface area contributed by atoms with Gasteiger partial charge < -0.3 is 5.32 Å². The summed E-state index contributed by atoms with van der Waals surface area (Å²) in [5.41, 5.74) is 0. The Hall–Kier alpha value is -1.47. The summed E-state index contributed by atoms with van der Waals surface area (Å²) in [4.78, 5) is 18.1. The molecule has 0 spiro atoms. The first-order valence-corrected chi connectivity index (χ1v) is 5.78. The van der Waals surface area contributed by atoms with Crippen LogP contribution in [0.15, 0.2) is 6.33 Å². The van der Waals surface area contributed by atoms with E-state index in [9.17, 15) is 4.79 Å². The highest BCUT2D eigenvalue weighted by atomic mass is 16.2. The van der Waals surface area contributed by atoms with Crippen LogP contribution in [0.25, 0.3) is 0 Å². The first-order chi connectivity index (χ1) is 8.18. The van der Waals surface area contributed by atoms with Crippen LogP contribution in [0, 0.1) is 0 Å². The molecule has 1 saturated heterocycles. The number of aromatic nitrogens is 3. The van der Waals surface area contributed by atoms with Crippen LogP contribution in [-0.2, 0) is 11.8 Å². The van der Waals surface area contributed by atoms with Crippen molar-refractivity contribution in [2.24, 2.45) is 7.05 Å². The number of carbonyl (C=O) groups excluding carboxylic acids is 1. The van der Waals surface area contributed by atoms with Gasteiger partial charge in [0.1, 0.15) is 6.33 Å². The minimum atomic E-state index is -0.145. The summed E-state index contributed by atoms with van der Waals surface area (Å²) in [6.07, 6.45) is 1.42. The number of aryl methyl sites for hydroxylation is 1. The van der Waals surface area contributed by atoms with Crippen molar-refractivity contribution in [1.29, 1.82) is 0 Å². The third-order valence-electron chi connectivity index (χ3n) is 3.03. The number of hydrogen-bond donors (Lipinski definition) is 2. The van der Waals surface area contributed by atoms with Gasteiger partial charge in [-0.15, -0.1) is 0 Å². The molecule has 94 valence electrons. The molecule has 1 aliphatic heterocycles. The maximum atomic E-state index is 12.0. The van der Waals surface area contributed by atoms with Gasteiger partial charge in [0, 0.05) is 33.2 Å². The molecule has 1 amide bonds. The topological polar surface area (TPSA) is 75.1 Å². The molecule has 1 aromatic heterocycles. The Morgan fingerprint density at radius 2 is 2.24 bits per heavy atom. The first kappa shape index (κ1) is 12.0. The smallest absolute Gasteiger partial charge is 0.243 e. The van der Waals surface area contributed by atoms with E-state index >= 15 is 0 Å². The van der Waals surface area contributed by atoms with Crippen molar-refractivity contribution in [3.63, 3.8) is 0 Å². The van der Waals surface area contributed by atoms with E-state index in [0.717, 1.165) is 26.2 Å². The lowest BCUT2D eigenvalue weighted by Crippen LogP contribution is -2.51. The van der Waals surface area contributed by atoms with Crippen LogP contribution in [-0.4, -0.2) is 57.8 Å². The van der Waals surface area contributed by atoms with Crippen LogP contribution < -0.4 is 10.6 Å². The standard InChI is InChI=1S/C10H18N6O/c1-8(16-5-3-11-4-6-16)9(17)14-10-12-7-13-15(10)2/h7-8,11H,3-6H2,1-2H3,(H,12,13,14,17). The fourth-order valence-corrected chi connectivity index (χ4v) is 1.86. The Kier molecular flexibility index (Phi) is 3.70. The molecule has 1 unspecified atom stereocenters. The molecule has 0 aliphatic carbocycles. The number of nitrogens with one attached hydrogen (secondary N) is 2. The highest BCUT2D eigenvalue weighted by Gasteiger charge is 2.23. The number of piperazine rings is 1. The normalized spacial score (nSPS) is 18.9. The summed E-state index contributed by atoms with van der Waals surface area (Å²) in [6, 6.07) is -0.145. The van der Waals surface area contributed by atoms with E-state index in [2.05, 4.69) is 25.6 Å². The Bertz CT molecular complexity index is 384. The molecule has 1 aromatic rings. The molecule has 2 heterocycles. The molecular formula is C10H18N6O. The van der Waals surface area contributed by atoms with Crippen LogP contribution in [0.1, 0.15) is 6.92 Å². The van der Waals surface area contributed by atoms with Gasteiger partial charge in [-0.2, -0.15) is 10.1 Å². The van der Waals surface area contributed by atoms with Gasteiger partial charge >= 0.3 is 0 Å². The Balaban J connectivity index is 1.93. The molecular weight excluding hydrogens is 220 g/mol. The van der Waals surface area contributed by atoms with E-state index in [1.54, 1.807) is 11.7 Å². The summed E-state index contributed by atoms with van der Waals surface area (Å²) < 4.78 is 1.54. The second kappa shape index (κ2) is 5.24. The van der Waals surface area contributed by atoms with Crippen LogP contribution >= 0.6 is 0 Å². The number of amides is 1. The zero-order valence-electron chi connectivity index (χ0n) is 10.2. The van der Waals surface area contributed by atoms with Crippen molar-refractivity contribution in [2.45, 2.75) is 13.0 Å². The SMILES string of the molecule is CC(C(=O)Nc1ncnn1C)N1CCNCC1. The van der Waals surface area contributed by atoms with Gasteiger partial charge in [0.05, 0.1) is 6.04 Å². The molecule has 1 atom stereocenters. The third-order valence-corrected chi connectivity index (χ3v) is 3.03. The van der Waals surface area contributed by atoms with Crippen molar-refractivity contribution >= 4 is 11.9 Å². The summed E-state index contributed by atoms with van der Waals surface area (Å²) in [5, 5.41) is 9.95. The number of anilines is 1. The van der Waals surface area contributed by atoms with Crippen LogP contribution in [0.4, 0.5) is 5.95 Å².